The Hall–Kier alpha value is -1.98. The molecule has 4 rings (SSSR count). The largest absolute Gasteiger partial charge is 0.339 e. The number of sulfonamides is 1. The van der Waals surface area contributed by atoms with E-state index in [1.165, 1.54) is 59.9 Å². The molecule has 2 aromatic rings. The van der Waals surface area contributed by atoms with Gasteiger partial charge in [0.2, 0.25) is 21.1 Å². The van der Waals surface area contributed by atoms with Crippen LogP contribution in [0.15, 0.2) is 34.3 Å². The SMILES string of the molecule is O=C(CSc1n[nH]c(CCC2CCCC2)n1)N1CCN(S(=O)(=O)c2cccc(F)c2)CC1. The van der Waals surface area contributed by atoms with E-state index in [2.05, 4.69) is 15.2 Å². The highest BCUT2D eigenvalue weighted by molar-refractivity contribution is 7.99. The fourth-order valence-electron chi connectivity index (χ4n) is 4.27. The number of rotatable bonds is 8. The molecule has 1 aliphatic carbocycles. The number of benzene rings is 1. The number of carbonyl (C=O) groups excluding carboxylic acids is 1. The lowest BCUT2D eigenvalue weighted by molar-refractivity contribution is -0.129. The number of aromatic nitrogens is 3. The zero-order chi connectivity index (χ0) is 22.6. The summed E-state index contributed by atoms with van der Waals surface area (Å²) in [5.74, 6) is 1.20. The van der Waals surface area contributed by atoms with Crippen molar-refractivity contribution in [3.05, 3.63) is 35.9 Å². The molecule has 1 saturated heterocycles. The van der Waals surface area contributed by atoms with Crippen molar-refractivity contribution in [2.45, 2.75) is 48.6 Å². The van der Waals surface area contributed by atoms with Crippen molar-refractivity contribution in [1.29, 1.82) is 0 Å². The molecular formula is C21H28FN5O3S2. The summed E-state index contributed by atoms with van der Waals surface area (Å²) in [5.41, 5.74) is 0. The lowest BCUT2D eigenvalue weighted by Gasteiger charge is -2.34. The minimum absolute atomic E-state index is 0.0684. The first-order chi connectivity index (χ1) is 15.4. The van der Waals surface area contributed by atoms with E-state index in [1.807, 2.05) is 0 Å². The maximum absolute atomic E-state index is 13.4. The Bertz CT molecular complexity index is 1030. The molecule has 32 heavy (non-hydrogen) atoms. The molecule has 0 atom stereocenters. The molecule has 11 heteroatoms. The Labute approximate surface area is 192 Å². The summed E-state index contributed by atoms with van der Waals surface area (Å²) >= 11 is 1.29. The lowest BCUT2D eigenvalue weighted by Crippen LogP contribution is -2.51. The summed E-state index contributed by atoms with van der Waals surface area (Å²) in [6.45, 7) is 0.964. The molecule has 8 nitrogen and oxygen atoms in total. The van der Waals surface area contributed by atoms with Crippen LogP contribution in [0.25, 0.3) is 0 Å². The second-order valence-corrected chi connectivity index (χ2v) is 11.2. The van der Waals surface area contributed by atoms with Crippen molar-refractivity contribution in [2.24, 2.45) is 5.92 Å². The number of carbonyl (C=O) groups is 1. The highest BCUT2D eigenvalue weighted by Crippen LogP contribution is 2.28. The Morgan fingerprint density at radius 3 is 2.66 bits per heavy atom. The van der Waals surface area contributed by atoms with Gasteiger partial charge in [0.25, 0.3) is 0 Å². The molecule has 1 aliphatic heterocycles. The summed E-state index contributed by atoms with van der Waals surface area (Å²) in [6.07, 6.45) is 7.28. The topological polar surface area (TPSA) is 99.3 Å². The van der Waals surface area contributed by atoms with Gasteiger partial charge in [-0.05, 0) is 30.5 Å². The van der Waals surface area contributed by atoms with E-state index in [-0.39, 0.29) is 29.6 Å². The number of piperazine rings is 1. The van der Waals surface area contributed by atoms with Crippen LogP contribution in [0, 0.1) is 11.7 Å². The van der Waals surface area contributed by atoms with Gasteiger partial charge >= 0.3 is 0 Å². The van der Waals surface area contributed by atoms with Gasteiger partial charge in [-0.15, -0.1) is 5.10 Å². The fourth-order valence-corrected chi connectivity index (χ4v) is 6.44. The molecule has 1 saturated carbocycles. The van der Waals surface area contributed by atoms with Crippen molar-refractivity contribution in [1.82, 2.24) is 24.4 Å². The van der Waals surface area contributed by atoms with E-state index in [0.717, 1.165) is 30.7 Å². The maximum atomic E-state index is 13.4. The van der Waals surface area contributed by atoms with Crippen molar-refractivity contribution in [3.63, 3.8) is 0 Å². The van der Waals surface area contributed by atoms with Gasteiger partial charge in [-0.25, -0.2) is 17.8 Å². The van der Waals surface area contributed by atoms with Gasteiger partial charge in [-0.2, -0.15) is 4.31 Å². The van der Waals surface area contributed by atoms with Gasteiger partial charge in [0, 0.05) is 32.6 Å². The smallest absolute Gasteiger partial charge is 0.243 e. The van der Waals surface area contributed by atoms with Gasteiger partial charge in [-0.3, -0.25) is 9.89 Å². The first kappa shape index (κ1) is 23.2. The van der Waals surface area contributed by atoms with Crippen LogP contribution in [0.2, 0.25) is 0 Å². The van der Waals surface area contributed by atoms with Crippen LogP contribution in [-0.2, 0) is 21.2 Å². The molecule has 1 aromatic carbocycles. The number of H-pyrrole nitrogens is 1. The van der Waals surface area contributed by atoms with E-state index < -0.39 is 15.8 Å². The molecule has 2 heterocycles. The first-order valence-corrected chi connectivity index (χ1v) is 13.4. The standard InChI is InChI=1S/C21H28FN5O3S2/c22-17-6-3-7-18(14-17)32(29,30)27-12-10-26(11-13-27)20(28)15-31-21-23-19(24-25-21)9-8-16-4-1-2-5-16/h3,6-7,14,16H,1-2,4-5,8-13,15H2,(H,23,24,25). The molecule has 2 fully saturated rings. The Balaban J connectivity index is 1.22. The zero-order valence-electron chi connectivity index (χ0n) is 17.9. The molecule has 174 valence electrons. The van der Waals surface area contributed by atoms with E-state index in [1.54, 1.807) is 4.90 Å². The van der Waals surface area contributed by atoms with Crippen molar-refractivity contribution in [3.8, 4) is 0 Å². The van der Waals surface area contributed by atoms with Crippen LogP contribution in [0.1, 0.15) is 37.9 Å². The third-order valence-electron chi connectivity index (χ3n) is 6.13. The molecule has 1 N–H and O–H groups in total. The number of nitrogens with one attached hydrogen (secondary N) is 1. The predicted molar refractivity (Wildman–Crippen MR) is 119 cm³/mol. The first-order valence-electron chi connectivity index (χ1n) is 11.0. The molecule has 0 unspecified atom stereocenters. The summed E-state index contributed by atoms with van der Waals surface area (Å²) < 4.78 is 40.1. The molecule has 1 amide bonds. The molecule has 2 aliphatic rings. The fraction of sp³-hybridized carbons (Fsp3) is 0.571. The highest BCUT2D eigenvalue weighted by Gasteiger charge is 2.30. The van der Waals surface area contributed by atoms with Crippen molar-refractivity contribution < 1.29 is 17.6 Å². The monoisotopic (exact) mass is 481 g/mol. The van der Waals surface area contributed by atoms with Gasteiger partial charge in [0.05, 0.1) is 10.6 Å². The second-order valence-electron chi connectivity index (χ2n) is 8.28. The number of hydrogen-bond acceptors (Lipinski definition) is 6. The minimum atomic E-state index is -3.77. The number of nitrogens with zero attached hydrogens (tertiary/aromatic N) is 4. The summed E-state index contributed by atoms with van der Waals surface area (Å²) in [7, 11) is -3.77. The summed E-state index contributed by atoms with van der Waals surface area (Å²) in [6, 6.07) is 4.98. The van der Waals surface area contributed by atoms with Crippen LogP contribution < -0.4 is 0 Å². The predicted octanol–water partition coefficient (Wildman–Crippen LogP) is 2.69. The normalized spacial score (nSPS) is 18.3. The number of hydrogen-bond donors (Lipinski definition) is 1. The van der Waals surface area contributed by atoms with Crippen LogP contribution in [-0.4, -0.2) is 70.6 Å². The van der Waals surface area contributed by atoms with Crippen molar-refractivity contribution in [2.75, 3.05) is 31.9 Å². The summed E-state index contributed by atoms with van der Waals surface area (Å²) in [4.78, 5) is 18.6. The second kappa shape index (κ2) is 10.3. The molecular weight excluding hydrogens is 453 g/mol. The summed E-state index contributed by atoms with van der Waals surface area (Å²) in [5, 5.41) is 7.73. The average Bonchev–Trinajstić information content (AvgIpc) is 3.48. The number of aromatic amines is 1. The Morgan fingerprint density at radius 1 is 1.19 bits per heavy atom. The zero-order valence-corrected chi connectivity index (χ0v) is 19.5. The van der Waals surface area contributed by atoms with E-state index >= 15 is 0 Å². The third-order valence-corrected chi connectivity index (χ3v) is 8.85. The molecule has 0 bridgehead atoms. The van der Waals surface area contributed by atoms with Gasteiger partial charge in [0.1, 0.15) is 11.6 Å². The van der Waals surface area contributed by atoms with E-state index in [4.69, 9.17) is 0 Å². The Morgan fingerprint density at radius 2 is 1.94 bits per heavy atom. The number of aryl methyl sites for hydroxylation is 1. The number of thioether (sulfide) groups is 1. The van der Waals surface area contributed by atoms with E-state index in [0.29, 0.717) is 18.2 Å². The molecule has 0 radical (unpaired) electrons. The highest BCUT2D eigenvalue weighted by atomic mass is 32.2. The minimum Gasteiger partial charge on any atom is -0.339 e. The molecule has 0 spiro atoms. The van der Waals surface area contributed by atoms with E-state index in [9.17, 15) is 17.6 Å². The van der Waals surface area contributed by atoms with Gasteiger partial charge < -0.3 is 4.90 Å². The number of halogens is 1. The quantitative estimate of drug-likeness (QED) is 0.582. The average molecular weight is 482 g/mol. The van der Waals surface area contributed by atoms with Gasteiger partial charge in [-0.1, -0.05) is 43.5 Å². The molecule has 1 aromatic heterocycles. The van der Waals surface area contributed by atoms with Crippen molar-refractivity contribution >= 4 is 27.7 Å². The maximum Gasteiger partial charge on any atom is 0.243 e. The van der Waals surface area contributed by atoms with Crippen LogP contribution in [0.4, 0.5) is 4.39 Å². The lowest BCUT2D eigenvalue weighted by atomic mass is 10.0. The van der Waals surface area contributed by atoms with Gasteiger partial charge in [0.15, 0.2) is 0 Å². The third kappa shape index (κ3) is 5.68. The van der Waals surface area contributed by atoms with Crippen LogP contribution in [0.3, 0.4) is 0 Å². The van der Waals surface area contributed by atoms with Crippen LogP contribution in [0.5, 0.6) is 0 Å². The van der Waals surface area contributed by atoms with Crippen LogP contribution >= 0.6 is 11.8 Å². The number of amides is 1. The Kier molecular flexibility index (Phi) is 7.47.